The predicted octanol–water partition coefficient (Wildman–Crippen LogP) is 3.34. The first kappa shape index (κ1) is 25.2. The Hall–Kier alpha value is -1.06. The molecule has 1 saturated heterocycles. The summed E-state index contributed by atoms with van der Waals surface area (Å²) in [5.41, 5.74) is 2.48. The van der Waals surface area contributed by atoms with Crippen LogP contribution < -0.4 is 10.2 Å². The van der Waals surface area contributed by atoms with Crippen molar-refractivity contribution < 1.29 is 9.84 Å². The summed E-state index contributed by atoms with van der Waals surface area (Å²) >= 11 is 0. The fourth-order valence-electron chi connectivity index (χ4n) is 3.66. The molecule has 1 aromatic carbocycles. The average molecular weight is 530 g/mol. The Bertz CT molecular complexity index is 629. The number of rotatable bonds is 10. The number of benzene rings is 1. The average Bonchev–Trinajstić information content (AvgIpc) is 3.59. The molecule has 0 amide bonds. The van der Waals surface area contributed by atoms with Crippen LogP contribution >= 0.6 is 24.0 Å². The normalized spacial score (nSPS) is 17.6. The Morgan fingerprint density at radius 3 is 2.47 bits per heavy atom. The third kappa shape index (κ3) is 8.23. The first-order chi connectivity index (χ1) is 14.2. The molecule has 1 heterocycles. The Morgan fingerprint density at radius 1 is 1.17 bits per heavy atom. The third-order valence-corrected chi connectivity index (χ3v) is 5.90. The second kappa shape index (κ2) is 13.4. The highest BCUT2D eigenvalue weighted by Crippen LogP contribution is 2.28. The molecule has 0 bridgehead atoms. The molecule has 0 spiro atoms. The van der Waals surface area contributed by atoms with Gasteiger partial charge in [-0.1, -0.05) is 12.1 Å². The first-order valence-corrected chi connectivity index (χ1v) is 11.2. The smallest absolute Gasteiger partial charge is 0.194 e. The standard InChI is InChI=1S/C23H38N4O2.HI/c1-3-24-23(26(2)14-15-29-18-21-4-5-21)25-16-19-6-8-22(9-7-19)27-12-10-20(17-28)11-13-27;/h6-9,20-21,28H,3-5,10-18H2,1-2H3,(H,24,25);1H. The molecule has 2 fully saturated rings. The summed E-state index contributed by atoms with van der Waals surface area (Å²) in [6.45, 7) is 8.51. The van der Waals surface area contributed by atoms with Crippen LogP contribution in [0.4, 0.5) is 5.69 Å². The molecule has 1 aliphatic heterocycles. The van der Waals surface area contributed by atoms with Gasteiger partial charge in [-0.2, -0.15) is 0 Å². The van der Waals surface area contributed by atoms with Crippen molar-refractivity contribution in [3.05, 3.63) is 29.8 Å². The van der Waals surface area contributed by atoms with Crippen molar-refractivity contribution in [2.24, 2.45) is 16.8 Å². The van der Waals surface area contributed by atoms with Gasteiger partial charge in [0.1, 0.15) is 0 Å². The summed E-state index contributed by atoms with van der Waals surface area (Å²) in [5.74, 6) is 2.21. The van der Waals surface area contributed by atoms with Gasteiger partial charge in [-0.15, -0.1) is 24.0 Å². The maximum absolute atomic E-state index is 9.30. The van der Waals surface area contributed by atoms with Crippen LogP contribution in [0.1, 0.15) is 38.2 Å². The molecule has 2 N–H and O–H groups in total. The molecule has 1 saturated carbocycles. The number of halogens is 1. The van der Waals surface area contributed by atoms with Gasteiger partial charge in [-0.25, -0.2) is 4.99 Å². The molecule has 0 aromatic heterocycles. The lowest BCUT2D eigenvalue weighted by Crippen LogP contribution is -2.40. The summed E-state index contributed by atoms with van der Waals surface area (Å²) in [7, 11) is 2.07. The maximum atomic E-state index is 9.30. The predicted molar refractivity (Wildman–Crippen MR) is 135 cm³/mol. The zero-order valence-corrected chi connectivity index (χ0v) is 20.9. The summed E-state index contributed by atoms with van der Waals surface area (Å²) in [6, 6.07) is 8.76. The molecule has 1 aliphatic carbocycles. The lowest BCUT2D eigenvalue weighted by Gasteiger charge is -2.32. The van der Waals surface area contributed by atoms with Crippen LogP contribution in [0.3, 0.4) is 0 Å². The lowest BCUT2D eigenvalue weighted by atomic mass is 9.97. The molecule has 0 unspecified atom stereocenters. The van der Waals surface area contributed by atoms with Crippen molar-refractivity contribution in [2.75, 3.05) is 57.9 Å². The number of piperidine rings is 1. The van der Waals surface area contributed by atoms with Gasteiger partial charge in [0.25, 0.3) is 0 Å². The maximum Gasteiger partial charge on any atom is 0.194 e. The fraction of sp³-hybridized carbons (Fsp3) is 0.696. The summed E-state index contributed by atoms with van der Waals surface area (Å²) < 4.78 is 5.76. The third-order valence-electron chi connectivity index (χ3n) is 5.90. The second-order valence-electron chi connectivity index (χ2n) is 8.39. The molecule has 170 valence electrons. The quantitative estimate of drug-likeness (QED) is 0.210. The number of hydrogen-bond acceptors (Lipinski definition) is 4. The zero-order chi connectivity index (χ0) is 20.5. The number of guanidine groups is 1. The first-order valence-electron chi connectivity index (χ1n) is 11.2. The SMILES string of the molecule is CCNC(=NCc1ccc(N2CCC(CO)CC2)cc1)N(C)CCOCC1CC1.I. The van der Waals surface area contributed by atoms with E-state index in [0.717, 1.165) is 64.1 Å². The number of likely N-dealkylation sites (N-methyl/N-ethyl adjacent to an activating group) is 1. The van der Waals surface area contributed by atoms with Crippen LogP contribution in [0, 0.1) is 11.8 Å². The molecule has 7 heteroatoms. The second-order valence-corrected chi connectivity index (χ2v) is 8.39. The number of nitrogens with zero attached hydrogens (tertiary/aromatic N) is 3. The van der Waals surface area contributed by atoms with Gasteiger partial charge in [0.05, 0.1) is 13.2 Å². The number of nitrogens with one attached hydrogen (secondary N) is 1. The molecule has 3 rings (SSSR count). The van der Waals surface area contributed by atoms with E-state index in [1.165, 1.54) is 24.1 Å². The largest absolute Gasteiger partial charge is 0.396 e. The van der Waals surface area contributed by atoms with Crippen molar-refractivity contribution in [2.45, 2.75) is 39.2 Å². The Balaban J connectivity index is 0.00000320. The molecule has 0 radical (unpaired) electrons. The van der Waals surface area contributed by atoms with E-state index in [9.17, 15) is 5.11 Å². The minimum Gasteiger partial charge on any atom is -0.396 e. The van der Waals surface area contributed by atoms with E-state index in [4.69, 9.17) is 9.73 Å². The molecule has 1 aromatic rings. The van der Waals surface area contributed by atoms with E-state index in [1.807, 2.05) is 0 Å². The Morgan fingerprint density at radius 2 is 1.87 bits per heavy atom. The topological polar surface area (TPSA) is 60.3 Å². The molecular formula is C23H39IN4O2. The monoisotopic (exact) mass is 530 g/mol. The summed E-state index contributed by atoms with van der Waals surface area (Å²) in [4.78, 5) is 9.37. The summed E-state index contributed by atoms with van der Waals surface area (Å²) in [5, 5.41) is 12.7. The van der Waals surface area contributed by atoms with Gasteiger partial charge in [0.15, 0.2) is 5.96 Å². The number of anilines is 1. The molecule has 6 nitrogen and oxygen atoms in total. The van der Waals surface area contributed by atoms with Crippen LogP contribution in [-0.4, -0.2) is 69.0 Å². The molecule has 2 aliphatic rings. The Labute approximate surface area is 199 Å². The van der Waals surface area contributed by atoms with Crippen molar-refractivity contribution >= 4 is 35.6 Å². The highest BCUT2D eigenvalue weighted by atomic mass is 127. The van der Waals surface area contributed by atoms with E-state index in [0.29, 0.717) is 19.1 Å². The zero-order valence-electron chi connectivity index (χ0n) is 18.6. The van der Waals surface area contributed by atoms with Gasteiger partial charge in [-0.3, -0.25) is 0 Å². The fourth-order valence-corrected chi connectivity index (χ4v) is 3.66. The number of aliphatic imine (C=N–C) groups is 1. The van der Waals surface area contributed by atoms with Crippen LogP contribution in [0.2, 0.25) is 0 Å². The van der Waals surface area contributed by atoms with Crippen molar-refractivity contribution in [3.8, 4) is 0 Å². The van der Waals surface area contributed by atoms with Gasteiger partial charge in [0.2, 0.25) is 0 Å². The number of aliphatic hydroxyl groups is 1. The van der Waals surface area contributed by atoms with Gasteiger partial charge in [0, 0.05) is 52.1 Å². The van der Waals surface area contributed by atoms with Crippen molar-refractivity contribution in [3.63, 3.8) is 0 Å². The van der Waals surface area contributed by atoms with Crippen LogP contribution in [-0.2, 0) is 11.3 Å². The van der Waals surface area contributed by atoms with Crippen LogP contribution in [0.5, 0.6) is 0 Å². The number of ether oxygens (including phenoxy) is 1. The summed E-state index contributed by atoms with van der Waals surface area (Å²) in [6.07, 6.45) is 4.82. The van der Waals surface area contributed by atoms with Gasteiger partial charge >= 0.3 is 0 Å². The highest BCUT2D eigenvalue weighted by molar-refractivity contribution is 14.0. The van der Waals surface area contributed by atoms with E-state index >= 15 is 0 Å². The highest BCUT2D eigenvalue weighted by Gasteiger charge is 2.21. The van der Waals surface area contributed by atoms with E-state index in [-0.39, 0.29) is 24.0 Å². The molecule has 30 heavy (non-hydrogen) atoms. The molecule has 0 atom stereocenters. The van der Waals surface area contributed by atoms with Crippen LogP contribution in [0.25, 0.3) is 0 Å². The molecular weight excluding hydrogens is 491 g/mol. The van der Waals surface area contributed by atoms with E-state index in [2.05, 4.69) is 53.4 Å². The van der Waals surface area contributed by atoms with E-state index < -0.39 is 0 Å². The minimum atomic E-state index is 0. The number of hydrogen-bond donors (Lipinski definition) is 2. The van der Waals surface area contributed by atoms with Crippen molar-refractivity contribution in [1.29, 1.82) is 0 Å². The number of aliphatic hydroxyl groups excluding tert-OH is 1. The van der Waals surface area contributed by atoms with Crippen molar-refractivity contribution in [1.82, 2.24) is 10.2 Å². The van der Waals surface area contributed by atoms with Gasteiger partial charge in [-0.05, 0) is 62.1 Å². The van der Waals surface area contributed by atoms with E-state index in [1.54, 1.807) is 0 Å². The lowest BCUT2D eigenvalue weighted by molar-refractivity contribution is 0.115. The Kier molecular flexibility index (Phi) is 11.2. The minimum absolute atomic E-state index is 0. The van der Waals surface area contributed by atoms with Gasteiger partial charge < -0.3 is 25.0 Å². The van der Waals surface area contributed by atoms with Crippen LogP contribution in [0.15, 0.2) is 29.3 Å².